The zero-order chi connectivity index (χ0) is 14.5. The molecule has 0 bridgehead atoms. The molecule has 0 spiro atoms. The molecule has 20 heavy (non-hydrogen) atoms. The van der Waals surface area contributed by atoms with Crippen molar-refractivity contribution in [2.75, 3.05) is 14.2 Å². The second-order valence-electron chi connectivity index (χ2n) is 4.66. The molecule has 1 aromatic heterocycles. The first-order valence-corrected chi connectivity index (χ1v) is 7.57. The highest BCUT2D eigenvalue weighted by atomic mass is 32.1. The van der Waals surface area contributed by atoms with Crippen LogP contribution in [0.4, 0.5) is 4.39 Å². The van der Waals surface area contributed by atoms with Crippen LogP contribution in [0.5, 0.6) is 5.75 Å². The van der Waals surface area contributed by atoms with Gasteiger partial charge in [-0.1, -0.05) is 13.0 Å². The molecule has 2 rings (SSSR count). The Morgan fingerprint density at radius 3 is 2.60 bits per heavy atom. The van der Waals surface area contributed by atoms with Gasteiger partial charge in [-0.3, -0.25) is 0 Å². The Kier molecular flexibility index (Phi) is 5.15. The van der Waals surface area contributed by atoms with E-state index in [1.807, 2.05) is 24.5 Å². The lowest BCUT2D eigenvalue weighted by atomic mass is 10.0. The van der Waals surface area contributed by atoms with E-state index in [2.05, 4.69) is 24.4 Å². The maximum Gasteiger partial charge on any atom is 0.165 e. The monoisotopic (exact) mass is 293 g/mol. The highest BCUT2D eigenvalue weighted by Crippen LogP contribution is 2.27. The first-order valence-electron chi connectivity index (χ1n) is 6.76. The van der Waals surface area contributed by atoms with Gasteiger partial charge in [0.25, 0.3) is 0 Å². The normalized spacial score (nSPS) is 12.4. The lowest BCUT2D eigenvalue weighted by Crippen LogP contribution is -2.18. The third kappa shape index (κ3) is 3.38. The van der Waals surface area contributed by atoms with Gasteiger partial charge in [0, 0.05) is 22.2 Å². The number of halogens is 1. The van der Waals surface area contributed by atoms with Crippen molar-refractivity contribution in [3.05, 3.63) is 51.5 Å². The van der Waals surface area contributed by atoms with Crippen molar-refractivity contribution >= 4 is 11.3 Å². The second kappa shape index (κ2) is 6.86. The van der Waals surface area contributed by atoms with Crippen LogP contribution >= 0.6 is 11.3 Å². The topological polar surface area (TPSA) is 21.3 Å². The summed E-state index contributed by atoms with van der Waals surface area (Å²) >= 11 is 1.84. The van der Waals surface area contributed by atoms with Crippen molar-refractivity contribution in [2.45, 2.75) is 25.8 Å². The van der Waals surface area contributed by atoms with Crippen molar-refractivity contribution in [1.29, 1.82) is 0 Å². The Morgan fingerprint density at radius 1 is 1.25 bits per heavy atom. The molecule has 0 aliphatic carbocycles. The highest BCUT2D eigenvalue weighted by Gasteiger charge is 2.14. The van der Waals surface area contributed by atoms with E-state index in [0.29, 0.717) is 5.75 Å². The van der Waals surface area contributed by atoms with Crippen molar-refractivity contribution in [1.82, 2.24) is 5.32 Å². The lowest BCUT2D eigenvalue weighted by molar-refractivity contribution is 0.385. The number of benzene rings is 1. The molecular formula is C16H20FNOS. The van der Waals surface area contributed by atoms with E-state index in [0.717, 1.165) is 18.4 Å². The van der Waals surface area contributed by atoms with Gasteiger partial charge in [-0.2, -0.15) is 0 Å². The molecule has 0 amide bonds. The summed E-state index contributed by atoms with van der Waals surface area (Å²) in [4.78, 5) is 2.73. The number of methoxy groups -OCH3 is 1. The Labute approximate surface area is 123 Å². The summed E-state index contributed by atoms with van der Waals surface area (Å²) in [7, 11) is 3.41. The Hall–Kier alpha value is -1.39. The Bertz CT molecular complexity index is 567. The van der Waals surface area contributed by atoms with E-state index in [1.54, 1.807) is 6.07 Å². The first kappa shape index (κ1) is 15.0. The molecule has 1 aromatic carbocycles. The van der Waals surface area contributed by atoms with Crippen LogP contribution in [0.25, 0.3) is 0 Å². The molecule has 1 heterocycles. The molecule has 0 saturated carbocycles. The van der Waals surface area contributed by atoms with E-state index >= 15 is 0 Å². The molecule has 1 N–H and O–H groups in total. The average Bonchev–Trinajstić information content (AvgIpc) is 2.93. The van der Waals surface area contributed by atoms with Gasteiger partial charge in [0.15, 0.2) is 11.6 Å². The number of hydrogen-bond acceptors (Lipinski definition) is 3. The van der Waals surface area contributed by atoms with Gasteiger partial charge in [-0.25, -0.2) is 4.39 Å². The van der Waals surface area contributed by atoms with Gasteiger partial charge in [0.05, 0.1) is 7.11 Å². The fourth-order valence-electron chi connectivity index (χ4n) is 2.20. The number of thiophene rings is 1. The third-order valence-electron chi connectivity index (χ3n) is 3.40. The zero-order valence-corrected chi connectivity index (χ0v) is 12.9. The first-order chi connectivity index (χ1) is 9.67. The van der Waals surface area contributed by atoms with Crippen LogP contribution < -0.4 is 10.1 Å². The molecule has 0 radical (unpaired) electrons. The summed E-state index contributed by atoms with van der Waals surface area (Å²) in [5.41, 5.74) is 1.04. The molecule has 0 saturated heterocycles. The fourth-order valence-corrected chi connectivity index (χ4v) is 3.21. The van der Waals surface area contributed by atoms with Crippen molar-refractivity contribution in [3.63, 3.8) is 0 Å². The van der Waals surface area contributed by atoms with Gasteiger partial charge in [0.1, 0.15) is 0 Å². The summed E-state index contributed by atoms with van der Waals surface area (Å²) in [6.45, 7) is 2.16. The average molecular weight is 293 g/mol. The van der Waals surface area contributed by atoms with Gasteiger partial charge in [-0.05, 0) is 43.3 Å². The number of likely N-dealkylation sites (N-methyl/N-ethyl adjacent to an activating group) is 1. The quantitative estimate of drug-likeness (QED) is 0.870. The van der Waals surface area contributed by atoms with Gasteiger partial charge in [0.2, 0.25) is 0 Å². The fraction of sp³-hybridized carbons (Fsp3) is 0.375. The molecule has 1 atom stereocenters. The molecule has 1 unspecified atom stereocenters. The summed E-state index contributed by atoms with van der Waals surface area (Å²) in [5.74, 6) is -0.0290. The van der Waals surface area contributed by atoms with Crippen LogP contribution in [0.1, 0.15) is 28.3 Å². The van der Waals surface area contributed by atoms with Crippen LogP contribution in [0.15, 0.2) is 30.3 Å². The number of aryl methyl sites for hydroxylation is 1. The smallest absolute Gasteiger partial charge is 0.165 e. The van der Waals surface area contributed by atoms with E-state index in [1.165, 1.54) is 22.9 Å². The SMILES string of the molecule is CCc1ccc(CC(NC)c2ccc(F)c(OC)c2)s1. The molecule has 2 aromatic rings. The summed E-state index contributed by atoms with van der Waals surface area (Å²) in [6, 6.07) is 9.56. The molecule has 4 heteroatoms. The van der Waals surface area contributed by atoms with E-state index in [4.69, 9.17) is 4.74 Å². The largest absolute Gasteiger partial charge is 0.494 e. The van der Waals surface area contributed by atoms with E-state index in [9.17, 15) is 4.39 Å². The molecule has 0 aliphatic rings. The van der Waals surface area contributed by atoms with E-state index in [-0.39, 0.29) is 11.9 Å². The summed E-state index contributed by atoms with van der Waals surface area (Å²) in [5, 5.41) is 3.29. The Morgan fingerprint density at radius 2 is 2.00 bits per heavy atom. The van der Waals surface area contributed by atoms with Gasteiger partial charge in [-0.15, -0.1) is 11.3 Å². The zero-order valence-electron chi connectivity index (χ0n) is 12.1. The van der Waals surface area contributed by atoms with Crippen LogP contribution in [-0.4, -0.2) is 14.2 Å². The maximum atomic E-state index is 13.5. The van der Waals surface area contributed by atoms with Crippen LogP contribution in [0.2, 0.25) is 0 Å². The molecule has 0 aliphatic heterocycles. The lowest BCUT2D eigenvalue weighted by Gasteiger charge is -2.17. The number of ether oxygens (including phenoxy) is 1. The highest BCUT2D eigenvalue weighted by molar-refractivity contribution is 7.11. The van der Waals surface area contributed by atoms with Crippen LogP contribution in [-0.2, 0) is 12.8 Å². The predicted molar refractivity (Wildman–Crippen MR) is 82.2 cm³/mol. The Balaban J connectivity index is 2.19. The number of rotatable bonds is 6. The molecular weight excluding hydrogens is 273 g/mol. The van der Waals surface area contributed by atoms with Crippen molar-refractivity contribution < 1.29 is 9.13 Å². The summed E-state index contributed by atoms with van der Waals surface area (Å²) < 4.78 is 18.5. The minimum atomic E-state index is -0.324. The van der Waals surface area contributed by atoms with Gasteiger partial charge < -0.3 is 10.1 Å². The molecule has 108 valence electrons. The summed E-state index contributed by atoms with van der Waals surface area (Å²) in [6.07, 6.45) is 1.97. The van der Waals surface area contributed by atoms with Crippen LogP contribution in [0.3, 0.4) is 0 Å². The van der Waals surface area contributed by atoms with E-state index < -0.39 is 0 Å². The van der Waals surface area contributed by atoms with Gasteiger partial charge >= 0.3 is 0 Å². The minimum Gasteiger partial charge on any atom is -0.494 e. The standard InChI is InChI=1S/C16H20FNOS/c1-4-12-6-7-13(20-12)10-15(18-2)11-5-8-14(17)16(9-11)19-3/h5-9,15,18H,4,10H2,1-3H3. The maximum absolute atomic E-state index is 13.5. The number of hydrogen-bond donors (Lipinski definition) is 1. The van der Waals surface area contributed by atoms with Crippen molar-refractivity contribution in [3.8, 4) is 5.75 Å². The van der Waals surface area contributed by atoms with Crippen LogP contribution in [0, 0.1) is 5.82 Å². The molecule has 0 fully saturated rings. The molecule has 2 nitrogen and oxygen atoms in total. The second-order valence-corrected chi connectivity index (χ2v) is 5.91. The minimum absolute atomic E-state index is 0.160. The third-order valence-corrected chi connectivity index (χ3v) is 4.65. The number of nitrogens with one attached hydrogen (secondary N) is 1. The van der Waals surface area contributed by atoms with Crippen molar-refractivity contribution in [2.24, 2.45) is 0 Å². The predicted octanol–water partition coefficient (Wildman–Crippen LogP) is 3.96.